The third kappa shape index (κ3) is 5.29. The number of hydrogen-bond donors (Lipinski definition) is 0. The Morgan fingerprint density at radius 1 is 1.10 bits per heavy atom. The first kappa shape index (κ1) is 20.7. The van der Waals surface area contributed by atoms with E-state index in [4.69, 9.17) is 10.00 Å². The summed E-state index contributed by atoms with van der Waals surface area (Å²) in [4.78, 5) is 16.9. The number of amides is 1. The highest BCUT2D eigenvalue weighted by atomic mass is 16.5. The van der Waals surface area contributed by atoms with Gasteiger partial charge >= 0.3 is 0 Å². The molecule has 0 aliphatic carbocycles. The molecule has 1 saturated heterocycles. The van der Waals surface area contributed by atoms with E-state index in [0.717, 1.165) is 48.6 Å². The first-order valence-corrected chi connectivity index (χ1v) is 10.2. The van der Waals surface area contributed by atoms with Crippen LogP contribution in [0.3, 0.4) is 0 Å². The summed E-state index contributed by atoms with van der Waals surface area (Å²) in [7, 11) is 0. The maximum atomic E-state index is 12.8. The van der Waals surface area contributed by atoms with Crippen LogP contribution in [-0.2, 0) is 4.79 Å². The summed E-state index contributed by atoms with van der Waals surface area (Å²) < 4.78 is 5.94. The van der Waals surface area contributed by atoms with E-state index >= 15 is 0 Å². The standard InChI is InChI=1S/C24H29N3O2/c1-18(2)22-10-5-19(3)15-23(22)29-17-24(28)27-12-4-11-26(13-14-27)21-8-6-20(16-25)7-9-21/h5-10,15,18H,4,11-14,17H2,1-3H3. The van der Waals surface area contributed by atoms with Crippen LogP contribution in [0.15, 0.2) is 42.5 Å². The van der Waals surface area contributed by atoms with Crippen molar-refractivity contribution in [2.45, 2.75) is 33.1 Å². The molecule has 0 atom stereocenters. The molecule has 5 nitrogen and oxygen atoms in total. The predicted molar refractivity (Wildman–Crippen MR) is 115 cm³/mol. The molecule has 1 aliphatic heterocycles. The lowest BCUT2D eigenvalue weighted by Crippen LogP contribution is -2.38. The van der Waals surface area contributed by atoms with Crippen LogP contribution in [0.5, 0.6) is 5.75 Å². The number of hydrogen-bond acceptors (Lipinski definition) is 4. The Balaban J connectivity index is 1.58. The zero-order valence-corrected chi connectivity index (χ0v) is 17.5. The van der Waals surface area contributed by atoms with Crippen molar-refractivity contribution >= 4 is 11.6 Å². The van der Waals surface area contributed by atoms with Gasteiger partial charge in [0.05, 0.1) is 11.6 Å². The highest BCUT2D eigenvalue weighted by molar-refractivity contribution is 5.78. The first-order valence-electron chi connectivity index (χ1n) is 10.2. The Kier molecular flexibility index (Phi) is 6.77. The van der Waals surface area contributed by atoms with E-state index < -0.39 is 0 Å². The average molecular weight is 392 g/mol. The normalized spacial score (nSPS) is 14.4. The van der Waals surface area contributed by atoms with Gasteiger partial charge in [-0.2, -0.15) is 5.26 Å². The fourth-order valence-corrected chi connectivity index (χ4v) is 3.65. The van der Waals surface area contributed by atoms with Gasteiger partial charge in [-0.1, -0.05) is 26.0 Å². The molecule has 1 amide bonds. The summed E-state index contributed by atoms with van der Waals surface area (Å²) in [6.07, 6.45) is 0.910. The van der Waals surface area contributed by atoms with Crippen LogP contribution in [0.4, 0.5) is 5.69 Å². The lowest BCUT2D eigenvalue weighted by molar-refractivity contribution is -0.133. The number of nitriles is 1. The SMILES string of the molecule is Cc1ccc(C(C)C)c(OCC(=O)N2CCCN(c3ccc(C#N)cc3)CC2)c1. The topological polar surface area (TPSA) is 56.6 Å². The Morgan fingerprint density at radius 3 is 2.55 bits per heavy atom. The lowest BCUT2D eigenvalue weighted by atomic mass is 10.0. The molecule has 0 radical (unpaired) electrons. The van der Waals surface area contributed by atoms with Gasteiger partial charge in [-0.05, 0) is 60.7 Å². The van der Waals surface area contributed by atoms with Gasteiger partial charge in [0.25, 0.3) is 5.91 Å². The van der Waals surface area contributed by atoms with Crippen molar-refractivity contribution in [1.29, 1.82) is 5.26 Å². The highest BCUT2D eigenvalue weighted by Gasteiger charge is 2.20. The molecule has 5 heteroatoms. The molecule has 0 spiro atoms. The molecule has 0 unspecified atom stereocenters. The first-order chi connectivity index (χ1) is 14.0. The van der Waals surface area contributed by atoms with Crippen molar-refractivity contribution in [3.63, 3.8) is 0 Å². The van der Waals surface area contributed by atoms with Gasteiger partial charge in [0, 0.05) is 31.9 Å². The van der Waals surface area contributed by atoms with E-state index in [-0.39, 0.29) is 12.5 Å². The van der Waals surface area contributed by atoms with Gasteiger partial charge in [-0.3, -0.25) is 4.79 Å². The minimum absolute atomic E-state index is 0.0305. The molecule has 29 heavy (non-hydrogen) atoms. The second kappa shape index (κ2) is 9.47. The van der Waals surface area contributed by atoms with Crippen molar-refractivity contribution in [2.75, 3.05) is 37.7 Å². The van der Waals surface area contributed by atoms with Crippen molar-refractivity contribution in [3.05, 3.63) is 59.2 Å². The molecule has 0 aromatic heterocycles. The van der Waals surface area contributed by atoms with Crippen LogP contribution in [0, 0.1) is 18.3 Å². The Bertz CT molecular complexity index is 884. The Morgan fingerprint density at radius 2 is 1.86 bits per heavy atom. The van der Waals surface area contributed by atoms with Gasteiger partial charge in [0.15, 0.2) is 6.61 Å². The van der Waals surface area contributed by atoms with Crippen LogP contribution in [0.1, 0.15) is 42.9 Å². The quantitative estimate of drug-likeness (QED) is 0.770. The molecule has 3 rings (SSSR count). The minimum Gasteiger partial charge on any atom is -0.483 e. The second-order valence-corrected chi connectivity index (χ2v) is 7.86. The number of anilines is 1. The van der Waals surface area contributed by atoms with Gasteiger partial charge in [0.1, 0.15) is 5.75 Å². The number of rotatable bonds is 5. The molecule has 0 saturated carbocycles. The number of benzene rings is 2. The van der Waals surface area contributed by atoms with Crippen molar-refractivity contribution in [3.8, 4) is 11.8 Å². The monoisotopic (exact) mass is 391 g/mol. The van der Waals surface area contributed by atoms with Gasteiger partial charge in [0.2, 0.25) is 0 Å². The van der Waals surface area contributed by atoms with E-state index in [2.05, 4.69) is 36.9 Å². The Hall–Kier alpha value is -3.00. The molecular formula is C24H29N3O2. The third-order valence-electron chi connectivity index (χ3n) is 5.35. The van der Waals surface area contributed by atoms with Gasteiger partial charge < -0.3 is 14.5 Å². The van der Waals surface area contributed by atoms with E-state index in [9.17, 15) is 4.79 Å². The zero-order valence-electron chi connectivity index (χ0n) is 17.5. The van der Waals surface area contributed by atoms with E-state index in [1.54, 1.807) is 0 Å². The molecular weight excluding hydrogens is 362 g/mol. The van der Waals surface area contributed by atoms with Crippen molar-refractivity contribution in [2.24, 2.45) is 0 Å². The lowest BCUT2D eigenvalue weighted by Gasteiger charge is -2.24. The van der Waals surface area contributed by atoms with Crippen LogP contribution in [0.25, 0.3) is 0 Å². The summed E-state index contributed by atoms with van der Waals surface area (Å²) in [5, 5.41) is 8.96. The summed E-state index contributed by atoms with van der Waals surface area (Å²) in [6, 6.07) is 16.0. The summed E-state index contributed by atoms with van der Waals surface area (Å²) in [5.74, 6) is 1.19. The van der Waals surface area contributed by atoms with Crippen molar-refractivity contribution in [1.82, 2.24) is 4.90 Å². The summed E-state index contributed by atoms with van der Waals surface area (Å²) in [5.41, 5.74) is 4.02. The smallest absolute Gasteiger partial charge is 0.260 e. The zero-order chi connectivity index (χ0) is 20.8. The summed E-state index contributed by atoms with van der Waals surface area (Å²) in [6.45, 7) is 9.45. The maximum absolute atomic E-state index is 12.8. The minimum atomic E-state index is 0.0305. The average Bonchev–Trinajstić information content (AvgIpc) is 2.98. The molecule has 0 N–H and O–H groups in total. The Labute approximate surface area is 173 Å². The molecule has 2 aromatic rings. The van der Waals surface area contributed by atoms with Crippen molar-refractivity contribution < 1.29 is 9.53 Å². The van der Waals surface area contributed by atoms with Crippen LogP contribution in [-0.4, -0.2) is 43.6 Å². The largest absolute Gasteiger partial charge is 0.483 e. The summed E-state index contributed by atoms with van der Waals surface area (Å²) >= 11 is 0. The van der Waals surface area contributed by atoms with E-state index in [0.29, 0.717) is 18.0 Å². The molecule has 1 heterocycles. The molecule has 0 bridgehead atoms. The highest BCUT2D eigenvalue weighted by Crippen LogP contribution is 2.27. The molecule has 152 valence electrons. The molecule has 1 aliphatic rings. The molecule has 2 aromatic carbocycles. The van der Waals surface area contributed by atoms with Crippen LogP contribution in [0.2, 0.25) is 0 Å². The van der Waals surface area contributed by atoms with Gasteiger partial charge in [-0.15, -0.1) is 0 Å². The predicted octanol–water partition coefficient (Wildman–Crippen LogP) is 4.11. The number of aryl methyl sites for hydroxylation is 1. The van der Waals surface area contributed by atoms with E-state index in [1.807, 2.05) is 42.2 Å². The van der Waals surface area contributed by atoms with Crippen LogP contribution >= 0.6 is 0 Å². The number of nitrogens with zero attached hydrogens (tertiary/aromatic N) is 3. The fourth-order valence-electron chi connectivity index (χ4n) is 3.65. The second-order valence-electron chi connectivity index (χ2n) is 7.86. The number of ether oxygens (including phenoxy) is 1. The van der Waals surface area contributed by atoms with Gasteiger partial charge in [-0.25, -0.2) is 0 Å². The number of carbonyl (C=O) groups is 1. The molecule has 1 fully saturated rings. The maximum Gasteiger partial charge on any atom is 0.260 e. The van der Waals surface area contributed by atoms with Crippen LogP contribution < -0.4 is 9.64 Å². The third-order valence-corrected chi connectivity index (χ3v) is 5.35. The number of carbonyl (C=O) groups excluding carboxylic acids is 1. The fraction of sp³-hybridized carbons (Fsp3) is 0.417. The van der Waals surface area contributed by atoms with E-state index in [1.165, 1.54) is 0 Å².